The first-order valence-electron chi connectivity index (χ1n) is 9.79. The molecule has 0 radical (unpaired) electrons. The maximum absolute atomic E-state index is 13.2. The Hall–Kier alpha value is -2.13. The van der Waals surface area contributed by atoms with Crippen molar-refractivity contribution in [2.45, 2.75) is 50.7 Å². The van der Waals surface area contributed by atoms with Crippen molar-refractivity contribution in [2.24, 2.45) is 0 Å². The van der Waals surface area contributed by atoms with Crippen molar-refractivity contribution >= 4 is 10.9 Å². The van der Waals surface area contributed by atoms with E-state index in [4.69, 9.17) is 0 Å². The lowest BCUT2D eigenvalue weighted by molar-refractivity contribution is 0.0988. The number of aromatic nitrogens is 1. The van der Waals surface area contributed by atoms with Gasteiger partial charge in [-0.15, -0.1) is 0 Å². The fraction of sp³-hybridized carbons (Fsp3) is 0.391. The Morgan fingerprint density at radius 3 is 2.69 bits per heavy atom. The molecule has 26 heavy (non-hydrogen) atoms. The lowest BCUT2D eigenvalue weighted by Crippen LogP contribution is -2.44. The van der Waals surface area contributed by atoms with Gasteiger partial charge in [-0.05, 0) is 62.1 Å². The van der Waals surface area contributed by atoms with Gasteiger partial charge in [0, 0.05) is 41.6 Å². The molecule has 2 aliphatic heterocycles. The van der Waals surface area contributed by atoms with Crippen LogP contribution in [-0.4, -0.2) is 22.6 Å². The molecule has 1 saturated heterocycles. The summed E-state index contributed by atoms with van der Waals surface area (Å²) in [7, 11) is 2.31. The van der Waals surface area contributed by atoms with Crippen LogP contribution in [0, 0.1) is 5.82 Å². The number of aryl methyl sites for hydroxylation is 2. The number of piperidine rings is 1. The van der Waals surface area contributed by atoms with Crippen molar-refractivity contribution in [3.63, 3.8) is 0 Å². The van der Waals surface area contributed by atoms with E-state index in [9.17, 15) is 4.39 Å². The normalized spacial score (nSPS) is 22.5. The molecular weight excluding hydrogens is 323 g/mol. The minimum atomic E-state index is -0.159. The summed E-state index contributed by atoms with van der Waals surface area (Å²) in [6, 6.07) is 17.1. The Bertz CT molecular complexity index is 941. The number of benzene rings is 2. The van der Waals surface area contributed by atoms with Crippen LogP contribution in [0.4, 0.5) is 4.39 Å². The Morgan fingerprint density at radius 1 is 1.04 bits per heavy atom. The van der Waals surface area contributed by atoms with Crippen molar-refractivity contribution in [3.8, 4) is 0 Å². The molecule has 1 aromatic heterocycles. The highest BCUT2D eigenvalue weighted by Crippen LogP contribution is 2.45. The summed E-state index contributed by atoms with van der Waals surface area (Å²) in [5, 5.41) is 1.43. The summed E-state index contributed by atoms with van der Waals surface area (Å²) in [6.45, 7) is 0.963. The van der Waals surface area contributed by atoms with E-state index >= 15 is 0 Å². The molecule has 1 fully saturated rings. The zero-order chi connectivity index (χ0) is 17.7. The molecule has 0 saturated carbocycles. The number of nitrogens with zero attached hydrogens (tertiary/aromatic N) is 2. The van der Waals surface area contributed by atoms with E-state index in [0.29, 0.717) is 12.1 Å². The van der Waals surface area contributed by atoms with Crippen molar-refractivity contribution < 1.29 is 4.39 Å². The summed E-state index contributed by atoms with van der Waals surface area (Å²) < 4.78 is 15.7. The monoisotopic (exact) mass is 348 g/mol. The van der Waals surface area contributed by atoms with Crippen LogP contribution in [0.3, 0.4) is 0 Å². The number of hydrogen-bond acceptors (Lipinski definition) is 1. The molecule has 0 spiro atoms. The number of para-hydroxylation sites is 1. The lowest BCUT2D eigenvalue weighted by Gasteiger charge is -2.44. The predicted molar refractivity (Wildman–Crippen MR) is 104 cm³/mol. The Balaban J connectivity index is 1.57. The topological polar surface area (TPSA) is 8.17 Å². The molecule has 2 nitrogen and oxygen atoms in total. The molecular formula is C23H25FN2. The van der Waals surface area contributed by atoms with Gasteiger partial charge in [0.25, 0.3) is 0 Å². The minimum Gasteiger partial charge on any atom is -0.344 e. The summed E-state index contributed by atoms with van der Waals surface area (Å²) in [5.74, 6) is -0.159. The first-order valence-corrected chi connectivity index (χ1v) is 9.79. The summed E-state index contributed by atoms with van der Waals surface area (Å²) >= 11 is 0. The highest BCUT2D eigenvalue weighted by atomic mass is 19.1. The summed E-state index contributed by atoms with van der Waals surface area (Å²) in [4.78, 5) is 2.61. The van der Waals surface area contributed by atoms with Crippen LogP contribution in [0.2, 0.25) is 0 Å². The standard InChI is InChI=1S/C23H25FN2/c1-25-18-5-4-8-21(25)23-19-6-2-3-7-20(19)26(22(23)15-18)14-13-16-9-11-17(24)12-10-16/h2-3,6-7,9-12,18,21H,4-5,8,13-15H2,1H3. The molecule has 5 rings (SSSR count). The van der Waals surface area contributed by atoms with E-state index in [1.54, 1.807) is 23.4 Å². The van der Waals surface area contributed by atoms with Crippen LogP contribution < -0.4 is 0 Å². The third-order valence-corrected chi connectivity index (χ3v) is 6.50. The molecule has 134 valence electrons. The molecule has 0 aliphatic carbocycles. The lowest BCUT2D eigenvalue weighted by atomic mass is 9.82. The van der Waals surface area contributed by atoms with Crippen LogP contribution in [0.15, 0.2) is 48.5 Å². The SMILES string of the molecule is CN1C2CCCC1c1c(n(CCc3ccc(F)cc3)c3ccccc13)C2. The largest absolute Gasteiger partial charge is 0.344 e. The van der Waals surface area contributed by atoms with Crippen LogP contribution in [0.5, 0.6) is 0 Å². The predicted octanol–water partition coefficient (Wildman–Crippen LogP) is 5.10. The molecule has 2 aromatic carbocycles. The van der Waals surface area contributed by atoms with Gasteiger partial charge in [-0.2, -0.15) is 0 Å². The number of halogens is 1. The van der Waals surface area contributed by atoms with E-state index in [1.165, 1.54) is 35.7 Å². The average Bonchev–Trinajstić information content (AvgIpc) is 2.94. The van der Waals surface area contributed by atoms with Gasteiger partial charge in [0.05, 0.1) is 0 Å². The van der Waals surface area contributed by atoms with E-state index in [1.807, 2.05) is 12.1 Å². The Kier molecular flexibility index (Phi) is 3.86. The number of likely N-dealkylation sites (N-methyl/N-ethyl adjacent to an activating group) is 1. The van der Waals surface area contributed by atoms with Gasteiger partial charge >= 0.3 is 0 Å². The molecule has 3 heteroatoms. The van der Waals surface area contributed by atoms with E-state index in [2.05, 4.69) is 40.8 Å². The van der Waals surface area contributed by atoms with Crippen molar-refractivity contribution in [3.05, 3.63) is 71.2 Å². The highest BCUT2D eigenvalue weighted by Gasteiger charge is 2.38. The number of rotatable bonds is 3. The molecule has 2 bridgehead atoms. The molecule has 2 atom stereocenters. The fourth-order valence-electron chi connectivity index (χ4n) is 5.15. The molecule has 0 amide bonds. The Labute approximate surface area is 154 Å². The van der Waals surface area contributed by atoms with E-state index in [0.717, 1.165) is 19.4 Å². The second-order valence-corrected chi connectivity index (χ2v) is 7.88. The summed E-state index contributed by atoms with van der Waals surface area (Å²) in [6.07, 6.45) is 6.02. The maximum Gasteiger partial charge on any atom is 0.123 e. The van der Waals surface area contributed by atoms with Gasteiger partial charge < -0.3 is 4.57 Å². The third-order valence-electron chi connectivity index (χ3n) is 6.50. The minimum absolute atomic E-state index is 0.159. The average molecular weight is 348 g/mol. The van der Waals surface area contributed by atoms with Gasteiger partial charge in [-0.1, -0.05) is 30.3 Å². The van der Waals surface area contributed by atoms with Crippen molar-refractivity contribution in [2.75, 3.05) is 7.05 Å². The van der Waals surface area contributed by atoms with Crippen LogP contribution in [0.1, 0.15) is 42.1 Å². The van der Waals surface area contributed by atoms with Gasteiger partial charge in [-0.25, -0.2) is 4.39 Å². The summed E-state index contributed by atoms with van der Waals surface area (Å²) in [5.41, 5.74) is 5.67. The zero-order valence-electron chi connectivity index (χ0n) is 15.3. The first-order chi connectivity index (χ1) is 12.7. The maximum atomic E-state index is 13.2. The van der Waals surface area contributed by atoms with Gasteiger partial charge in [0.15, 0.2) is 0 Å². The van der Waals surface area contributed by atoms with Crippen molar-refractivity contribution in [1.82, 2.24) is 9.47 Å². The fourth-order valence-corrected chi connectivity index (χ4v) is 5.15. The van der Waals surface area contributed by atoms with E-state index < -0.39 is 0 Å². The number of fused-ring (bicyclic) bond motifs is 6. The highest BCUT2D eigenvalue weighted by molar-refractivity contribution is 5.86. The van der Waals surface area contributed by atoms with Crippen LogP contribution >= 0.6 is 0 Å². The molecule has 3 aromatic rings. The molecule has 0 N–H and O–H groups in total. The smallest absolute Gasteiger partial charge is 0.123 e. The molecule has 2 unspecified atom stereocenters. The van der Waals surface area contributed by atoms with Crippen LogP contribution in [0.25, 0.3) is 10.9 Å². The second-order valence-electron chi connectivity index (χ2n) is 7.88. The van der Waals surface area contributed by atoms with E-state index in [-0.39, 0.29) is 5.82 Å². The van der Waals surface area contributed by atoms with Gasteiger partial charge in [0.2, 0.25) is 0 Å². The second kappa shape index (κ2) is 6.24. The van der Waals surface area contributed by atoms with Crippen molar-refractivity contribution in [1.29, 1.82) is 0 Å². The number of hydrogen-bond donors (Lipinski definition) is 0. The van der Waals surface area contributed by atoms with Gasteiger partial charge in [-0.3, -0.25) is 4.90 Å². The van der Waals surface area contributed by atoms with Gasteiger partial charge in [0.1, 0.15) is 5.82 Å². The van der Waals surface area contributed by atoms with Crippen LogP contribution in [-0.2, 0) is 19.4 Å². The molecule has 3 heterocycles. The quantitative estimate of drug-likeness (QED) is 0.639. The zero-order valence-corrected chi connectivity index (χ0v) is 15.3. The first kappa shape index (κ1) is 16.1. The third kappa shape index (κ3) is 2.49. The Morgan fingerprint density at radius 2 is 1.85 bits per heavy atom. The molecule has 2 aliphatic rings.